The molecule has 1 saturated heterocycles. The van der Waals surface area contributed by atoms with E-state index in [1.807, 2.05) is 17.9 Å². The number of likely N-dealkylation sites (tertiary alicyclic amines) is 1. The second kappa shape index (κ2) is 6.46. The van der Waals surface area contributed by atoms with Gasteiger partial charge in [-0.05, 0) is 37.8 Å². The number of rotatable bonds is 4. The topological polar surface area (TPSA) is 66.5 Å². The first-order chi connectivity index (χ1) is 9.80. The zero-order chi connectivity index (χ0) is 15.6. The lowest BCUT2D eigenvalue weighted by atomic mass is 10.1. The molecule has 5 nitrogen and oxygen atoms in total. The molecule has 118 valence electrons. The maximum Gasteiger partial charge on any atom is 0.263 e. The van der Waals surface area contributed by atoms with E-state index in [1.165, 1.54) is 16.7 Å². The molecule has 1 amide bonds. The number of hydrogen-bond acceptors (Lipinski definition) is 4. The fraction of sp³-hybridized carbons (Fsp3) is 0.643. The zero-order valence-corrected chi connectivity index (χ0v) is 14.3. The Hall–Kier alpha value is -0.920. The molecular formula is C14H22N2O3S2. The molecule has 7 heteroatoms. The van der Waals surface area contributed by atoms with Gasteiger partial charge in [0.05, 0.1) is 11.1 Å². The minimum atomic E-state index is -3.17. The van der Waals surface area contributed by atoms with E-state index in [1.54, 1.807) is 11.3 Å². The molecule has 1 N–H and O–H groups in total. The number of thiophene rings is 1. The third-order valence-electron chi connectivity index (χ3n) is 3.72. The zero-order valence-electron chi connectivity index (χ0n) is 12.7. The van der Waals surface area contributed by atoms with E-state index in [9.17, 15) is 13.2 Å². The van der Waals surface area contributed by atoms with E-state index >= 15 is 0 Å². The van der Waals surface area contributed by atoms with Crippen molar-refractivity contribution >= 4 is 27.3 Å². The molecule has 2 rings (SSSR count). The molecule has 0 saturated carbocycles. The molecule has 1 aromatic heterocycles. The molecule has 0 atom stereocenters. The number of amides is 1. The number of piperidine rings is 1. The van der Waals surface area contributed by atoms with Gasteiger partial charge in [-0.1, -0.05) is 6.92 Å². The van der Waals surface area contributed by atoms with Crippen molar-refractivity contribution in [2.45, 2.75) is 39.2 Å². The standard InChI is InChI=1S/C14H22N2O3S2/c1-4-12-10(2)9-13(20-12)14(17)16-7-5-11(6-8-16)15-21(3,18)19/h9,11,15H,4-8H2,1-3H3. The van der Waals surface area contributed by atoms with Crippen LogP contribution < -0.4 is 4.72 Å². The van der Waals surface area contributed by atoms with Crippen LogP contribution in [0.4, 0.5) is 0 Å². The minimum Gasteiger partial charge on any atom is -0.338 e. The highest BCUT2D eigenvalue weighted by Gasteiger charge is 2.26. The van der Waals surface area contributed by atoms with Crippen LogP contribution in [0.1, 0.15) is 39.9 Å². The van der Waals surface area contributed by atoms with E-state index < -0.39 is 10.0 Å². The SMILES string of the molecule is CCc1sc(C(=O)N2CCC(NS(C)(=O)=O)CC2)cc1C. The molecule has 21 heavy (non-hydrogen) atoms. The van der Waals surface area contributed by atoms with Crippen LogP contribution in [0, 0.1) is 6.92 Å². The first-order valence-corrected chi connectivity index (χ1v) is 9.87. The Balaban J connectivity index is 1.96. The van der Waals surface area contributed by atoms with Crippen LogP contribution in [0.5, 0.6) is 0 Å². The molecule has 2 heterocycles. The van der Waals surface area contributed by atoms with Gasteiger partial charge >= 0.3 is 0 Å². The smallest absolute Gasteiger partial charge is 0.263 e. The average molecular weight is 330 g/mol. The van der Waals surface area contributed by atoms with Gasteiger partial charge in [-0.25, -0.2) is 13.1 Å². The van der Waals surface area contributed by atoms with E-state index in [4.69, 9.17) is 0 Å². The Kier molecular flexibility index (Phi) is 5.06. The van der Waals surface area contributed by atoms with E-state index in [-0.39, 0.29) is 11.9 Å². The molecular weight excluding hydrogens is 308 g/mol. The van der Waals surface area contributed by atoms with Gasteiger partial charge in [-0.15, -0.1) is 11.3 Å². The van der Waals surface area contributed by atoms with Crippen molar-refractivity contribution in [3.8, 4) is 0 Å². The minimum absolute atomic E-state index is 0.0553. The Morgan fingerprint density at radius 3 is 2.52 bits per heavy atom. The molecule has 0 aliphatic carbocycles. The van der Waals surface area contributed by atoms with Crippen molar-refractivity contribution < 1.29 is 13.2 Å². The molecule has 1 aliphatic rings. The van der Waals surface area contributed by atoms with Crippen LogP contribution in [0.15, 0.2) is 6.07 Å². The predicted octanol–water partition coefficient (Wildman–Crippen LogP) is 1.77. The first kappa shape index (κ1) is 16.5. The molecule has 1 aromatic rings. The van der Waals surface area contributed by atoms with Crippen LogP contribution in [0.25, 0.3) is 0 Å². The van der Waals surface area contributed by atoms with Gasteiger partial charge in [0.1, 0.15) is 0 Å². The van der Waals surface area contributed by atoms with Crippen molar-refractivity contribution in [3.05, 3.63) is 21.4 Å². The highest BCUT2D eigenvalue weighted by molar-refractivity contribution is 7.88. The molecule has 0 unspecified atom stereocenters. The van der Waals surface area contributed by atoms with Gasteiger partial charge in [-0.2, -0.15) is 0 Å². The summed E-state index contributed by atoms with van der Waals surface area (Å²) in [5.41, 5.74) is 1.18. The lowest BCUT2D eigenvalue weighted by molar-refractivity contribution is 0.0716. The number of hydrogen-bond donors (Lipinski definition) is 1. The fourth-order valence-corrected chi connectivity index (χ4v) is 4.56. The van der Waals surface area contributed by atoms with Gasteiger partial charge < -0.3 is 4.90 Å². The molecule has 0 aromatic carbocycles. The van der Waals surface area contributed by atoms with Crippen LogP contribution in [0.3, 0.4) is 0 Å². The van der Waals surface area contributed by atoms with Gasteiger partial charge in [0.2, 0.25) is 10.0 Å². The summed E-state index contributed by atoms with van der Waals surface area (Å²) in [6.45, 7) is 5.33. The van der Waals surface area contributed by atoms with Crippen molar-refractivity contribution in [1.29, 1.82) is 0 Å². The summed E-state index contributed by atoms with van der Waals surface area (Å²) < 4.78 is 25.1. The number of carbonyl (C=O) groups is 1. The normalized spacial score (nSPS) is 17.2. The highest BCUT2D eigenvalue weighted by atomic mass is 32.2. The Morgan fingerprint density at radius 1 is 1.43 bits per heavy atom. The molecule has 0 radical (unpaired) electrons. The molecule has 1 aliphatic heterocycles. The maximum absolute atomic E-state index is 12.5. The van der Waals surface area contributed by atoms with Crippen LogP contribution in [0.2, 0.25) is 0 Å². The van der Waals surface area contributed by atoms with Gasteiger partial charge in [0.25, 0.3) is 5.91 Å². The van der Waals surface area contributed by atoms with E-state index in [0.717, 1.165) is 11.3 Å². The van der Waals surface area contributed by atoms with Crippen molar-refractivity contribution in [1.82, 2.24) is 9.62 Å². The van der Waals surface area contributed by atoms with Gasteiger partial charge in [0, 0.05) is 24.0 Å². The highest BCUT2D eigenvalue weighted by Crippen LogP contribution is 2.25. The van der Waals surface area contributed by atoms with Crippen LogP contribution in [-0.2, 0) is 16.4 Å². The quantitative estimate of drug-likeness (QED) is 0.915. The fourth-order valence-electron chi connectivity index (χ4n) is 2.64. The third-order valence-corrected chi connectivity index (χ3v) is 5.85. The third kappa shape index (κ3) is 4.28. The van der Waals surface area contributed by atoms with Crippen molar-refractivity contribution in [2.75, 3.05) is 19.3 Å². The van der Waals surface area contributed by atoms with Gasteiger partial charge in [-0.3, -0.25) is 4.79 Å². The summed E-state index contributed by atoms with van der Waals surface area (Å²) in [6, 6.07) is 1.91. The summed E-state index contributed by atoms with van der Waals surface area (Å²) >= 11 is 1.57. The second-order valence-electron chi connectivity index (χ2n) is 5.53. The Morgan fingerprint density at radius 2 is 2.05 bits per heavy atom. The van der Waals surface area contributed by atoms with Crippen molar-refractivity contribution in [2.24, 2.45) is 0 Å². The Labute approximate surface area is 130 Å². The average Bonchev–Trinajstić information content (AvgIpc) is 2.78. The number of nitrogens with one attached hydrogen (secondary N) is 1. The monoisotopic (exact) mass is 330 g/mol. The number of nitrogens with zero attached hydrogens (tertiary/aromatic N) is 1. The lowest BCUT2D eigenvalue weighted by Gasteiger charge is -2.31. The lowest BCUT2D eigenvalue weighted by Crippen LogP contribution is -2.46. The second-order valence-corrected chi connectivity index (χ2v) is 8.44. The molecule has 0 spiro atoms. The largest absolute Gasteiger partial charge is 0.338 e. The maximum atomic E-state index is 12.5. The van der Waals surface area contributed by atoms with Crippen LogP contribution in [-0.4, -0.2) is 44.6 Å². The molecule has 1 fully saturated rings. The van der Waals surface area contributed by atoms with E-state index in [0.29, 0.717) is 25.9 Å². The van der Waals surface area contributed by atoms with Crippen LogP contribution >= 0.6 is 11.3 Å². The van der Waals surface area contributed by atoms with E-state index in [2.05, 4.69) is 11.6 Å². The predicted molar refractivity (Wildman–Crippen MR) is 85.3 cm³/mol. The summed E-state index contributed by atoms with van der Waals surface area (Å²) in [7, 11) is -3.17. The Bertz CT molecular complexity index is 614. The summed E-state index contributed by atoms with van der Waals surface area (Å²) in [5, 5.41) is 0. The number of aryl methyl sites for hydroxylation is 2. The summed E-state index contributed by atoms with van der Waals surface area (Å²) in [6.07, 6.45) is 3.46. The summed E-state index contributed by atoms with van der Waals surface area (Å²) in [4.78, 5) is 16.3. The number of sulfonamides is 1. The number of carbonyl (C=O) groups excluding carboxylic acids is 1. The summed E-state index contributed by atoms with van der Waals surface area (Å²) in [5.74, 6) is 0.0700. The first-order valence-electron chi connectivity index (χ1n) is 7.16. The molecule has 0 bridgehead atoms. The van der Waals surface area contributed by atoms with Gasteiger partial charge in [0.15, 0.2) is 0 Å². The van der Waals surface area contributed by atoms with Crippen molar-refractivity contribution in [3.63, 3.8) is 0 Å².